The van der Waals surface area contributed by atoms with Crippen LogP contribution in [-0.2, 0) is 18.4 Å². The van der Waals surface area contributed by atoms with Crippen molar-refractivity contribution in [3.63, 3.8) is 0 Å². The summed E-state index contributed by atoms with van der Waals surface area (Å²) in [5.74, 6) is -0.685. The van der Waals surface area contributed by atoms with E-state index >= 15 is 0 Å². The fourth-order valence-corrected chi connectivity index (χ4v) is 5.10. The summed E-state index contributed by atoms with van der Waals surface area (Å²) in [4.78, 5) is 20.2. The first-order chi connectivity index (χ1) is 17.0. The van der Waals surface area contributed by atoms with Gasteiger partial charge in [0.05, 0.1) is 13.2 Å². The molecule has 0 saturated heterocycles. The number of phosphoric acid groups is 1. The fraction of sp³-hybridized carbons (Fsp3) is 0.964. The van der Waals surface area contributed by atoms with Gasteiger partial charge in [-0.05, 0) is 19.3 Å². The zero-order valence-corrected chi connectivity index (χ0v) is 23.8. The first-order valence-electron chi connectivity index (χ1n) is 14.8. The number of rotatable bonds is 29. The maximum atomic E-state index is 11.9. The van der Waals surface area contributed by atoms with Crippen LogP contribution < -0.4 is 0 Å². The molecule has 7 heteroatoms. The van der Waals surface area contributed by atoms with Crippen molar-refractivity contribution in [2.75, 3.05) is 13.2 Å². The smallest absolute Gasteiger partial charge is 0.472 e. The fourth-order valence-electron chi connectivity index (χ4n) is 4.31. The van der Waals surface area contributed by atoms with Crippen LogP contribution in [0.1, 0.15) is 161 Å². The molecule has 1 atom stereocenters. The van der Waals surface area contributed by atoms with Crippen LogP contribution in [0.3, 0.4) is 0 Å². The van der Waals surface area contributed by atoms with Gasteiger partial charge in [-0.3, -0.25) is 13.8 Å². The molecule has 0 heterocycles. The number of carboxylic acids is 1. The van der Waals surface area contributed by atoms with E-state index in [0.29, 0.717) is 13.0 Å². The van der Waals surface area contributed by atoms with E-state index in [1.54, 1.807) is 0 Å². The molecule has 0 aliphatic heterocycles. The Hall–Kier alpha value is -0.420. The van der Waals surface area contributed by atoms with Crippen molar-refractivity contribution >= 4 is 13.8 Å². The highest BCUT2D eigenvalue weighted by atomic mass is 31.2. The summed E-state index contributed by atoms with van der Waals surface area (Å²) in [5.41, 5.74) is 0. The zero-order chi connectivity index (χ0) is 25.9. The Morgan fingerprint density at radius 3 is 1.14 bits per heavy atom. The number of hydrogen-bond donors (Lipinski definition) is 2. The lowest BCUT2D eigenvalue weighted by Gasteiger charge is -2.12. The lowest BCUT2D eigenvalue weighted by molar-refractivity contribution is -0.137. The summed E-state index contributed by atoms with van der Waals surface area (Å²) >= 11 is 0. The maximum Gasteiger partial charge on any atom is 0.472 e. The van der Waals surface area contributed by atoms with Crippen LogP contribution in [0.5, 0.6) is 0 Å². The minimum Gasteiger partial charge on any atom is -0.481 e. The highest BCUT2D eigenvalue weighted by Gasteiger charge is 2.19. The number of carboxylic acid groups (broad SMARTS) is 1. The summed E-state index contributed by atoms with van der Waals surface area (Å²) in [7, 11) is -3.89. The van der Waals surface area contributed by atoms with Gasteiger partial charge in [-0.2, -0.15) is 0 Å². The van der Waals surface area contributed by atoms with E-state index < -0.39 is 13.8 Å². The largest absolute Gasteiger partial charge is 0.481 e. The Morgan fingerprint density at radius 1 is 0.543 bits per heavy atom. The highest BCUT2D eigenvalue weighted by Crippen LogP contribution is 2.43. The molecule has 0 aliphatic carbocycles. The van der Waals surface area contributed by atoms with E-state index in [4.69, 9.17) is 14.2 Å². The van der Waals surface area contributed by atoms with Crippen molar-refractivity contribution in [1.29, 1.82) is 0 Å². The molecule has 0 radical (unpaired) electrons. The quantitative estimate of drug-likeness (QED) is 0.0753. The van der Waals surface area contributed by atoms with Crippen LogP contribution in [0.4, 0.5) is 0 Å². The second-order valence-corrected chi connectivity index (χ2v) is 11.5. The topological polar surface area (TPSA) is 93.1 Å². The molecule has 1 unspecified atom stereocenters. The van der Waals surface area contributed by atoms with Crippen molar-refractivity contribution in [3.05, 3.63) is 0 Å². The summed E-state index contributed by atoms with van der Waals surface area (Å²) in [6.45, 7) is 2.83. The van der Waals surface area contributed by atoms with Crippen LogP contribution in [0.2, 0.25) is 0 Å². The second-order valence-electron chi connectivity index (χ2n) is 10.1. The normalized spacial score (nSPS) is 13.2. The lowest BCUT2D eigenvalue weighted by Crippen LogP contribution is -1.99. The molecule has 210 valence electrons. The molecule has 6 nitrogen and oxygen atoms in total. The number of carbonyl (C=O) groups is 1. The molecule has 0 rings (SSSR count). The predicted molar refractivity (Wildman–Crippen MR) is 146 cm³/mol. The number of aliphatic carboxylic acids is 1. The van der Waals surface area contributed by atoms with E-state index in [0.717, 1.165) is 51.4 Å². The molecule has 0 bridgehead atoms. The van der Waals surface area contributed by atoms with Crippen LogP contribution >= 0.6 is 7.82 Å². The summed E-state index contributed by atoms with van der Waals surface area (Å²) < 4.78 is 22.1. The van der Waals surface area contributed by atoms with E-state index in [-0.39, 0.29) is 6.61 Å². The van der Waals surface area contributed by atoms with Crippen molar-refractivity contribution < 1.29 is 28.4 Å². The Labute approximate surface area is 216 Å². The maximum absolute atomic E-state index is 11.9. The van der Waals surface area contributed by atoms with Crippen LogP contribution in [0.15, 0.2) is 0 Å². The molecule has 0 spiro atoms. The molecule has 0 fully saturated rings. The lowest BCUT2D eigenvalue weighted by atomic mass is 10.0. The van der Waals surface area contributed by atoms with E-state index in [9.17, 15) is 14.3 Å². The predicted octanol–water partition coefficient (Wildman–Crippen LogP) is 9.59. The summed E-state index contributed by atoms with van der Waals surface area (Å²) in [6.07, 6.45) is 27.3. The van der Waals surface area contributed by atoms with Gasteiger partial charge in [0.25, 0.3) is 0 Å². The van der Waals surface area contributed by atoms with E-state index in [1.807, 2.05) is 0 Å². The minimum absolute atomic E-state index is 0.290. The van der Waals surface area contributed by atoms with Crippen molar-refractivity contribution in [2.45, 2.75) is 161 Å². The first-order valence-corrected chi connectivity index (χ1v) is 16.3. The van der Waals surface area contributed by atoms with Crippen LogP contribution in [-0.4, -0.2) is 29.2 Å². The standard InChI is InChI=1S/C28H57O6P/c1-2-3-4-5-6-7-14-17-20-23-26-33-35(31,32)34-27-24-21-18-15-12-10-8-9-11-13-16-19-22-25-28(29)30/h2-27H2,1H3,(H,29,30)(H,31,32). The van der Waals surface area contributed by atoms with Crippen molar-refractivity contribution in [2.24, 2.45) is 0 Å². The van der Waals surface area contributed by atoms with Crippen molar-refractivity contribution in [3.8, 4) is 0 Å². The molecule has 0 aromatic rings. The second kappa shape index (κ2) is 26.6. The molecule has 35 heavy (non-hydrogen) atoms. The number of phosphoric ester groups is 1. The molecule has 0 aromatic carbocycles. The van der Waals surface area contributed by atoms with Crippen molar-refractivity contribution in [1.82, 2.24) is 0 Å². The van der Waals surface area contributed by atoms with Gasteiger partial charge in [0.15, 0.2) is 0 Å². The Kier molecular flexibility index (Phi) is 26.3. The SMILES string of the molecule is CCCCCCCCCCCCOP(=O)(O)OCCCCCCCCCCCCCCCC(=O)O. The van der Waals surface area contributed by atoms with E-state index in [2.05, 4.69) is 6.92 Å². The van der Waals surface area contributed by atoms with Gasteiger partial charge in [-0.15, -0.1) is 0 Å². The molecular formula is C28H57O6P. The highest BCUT2D eigenvalue weighted by molar-refractivity contribution is 7.47. The van der Waals surface area contributed by atoms with Gasteiger partial charge >= 0.3 is 13.8 Å². The van der Waals surface area contributed by atoms with E-state index in [1.165, 1.54) is 96.3 Å². The number of unbranched alkanes of at least 4 members (excludes halogenated alkanes) is 21. The summed E-state index contributed by atoms with van der Waals surface area (Å²) in [5, 5.41) is 8.60. The molecule has 0 saturated carbocycles. The van der Waals surface area contributed by atoms with Crippen LogP contribution in [0, 0.1) is 0 Å². The van der Waals surface area contributed by atoms with Gasteiger partial charge in [-0.25, -0.2) is 4.57 Å². The molecule has 2 N–H and O–H groups in total. The molecule has 0 aliphatic rings. The average Bonchev–Trinajstić information content (AvgIpc) is 2.82. The monoisotopic (exact) mass is 520 g/mol. The van der Waals surface area contributed by atoms with Gasteiger partial charge in [0.1, 0.15) is 0 Å². The molecule has 0 aromatic heterocycles. The van der Waals surface area contributed by atoms with Gasteiger partial charge in [0, 0.05) is 6.42 Å². The van der Waals surface area contributed by atoms with Crippen LogP contribution in [0.25, 0.3) is 0 Å². The molecule has 0 amide bonds. The molecular weight excluding hydrogens is 463 g/mol. The van der Waals surface area contributed by atoms with Gasteiger partial charge in [-0.1, -0.05) is 135 Å². The average molecular weight is 521 g/mol. The Morgan fingerprint density at radius 2 is 0.829 bits per heavy atom. The third-order valence-electron chi connectivity index (χ3n) is 6.54. The number of hydrogen-bond acceptors (Lipinski definition) is 4. The first kappa shape index (κ1) is 34.6. The zero-order valence-electron chi connectivity index (χ0n) is 22.9. The third kappa shape index (κ3) is 29.7. The summed E-state index contributed by atoms with van der Waals surface area (Å²) in [6, 6.07) is 0. The van der Waals surface area contributed by atoms with Gasteiger partial charge in [0.2, 0.25) is 0 Å². The third-order valence-corrected chi connectivity index (χ3v) is 7.56. The van der Waals surface area contributed by atoms with Gasteiger partial charge < -0.3 is 10.00 Å². The Bertz CT molecular complexity index is 500. The Balaban J connectivity index is 3.29. The minimum atomic E-state index is -3.89.